The van der Waals surface area contributed by atoms with E-state index in [1.165, 1.54) is 83.5 Å². The van der Waals surface area contributed by atoms with Gasteiger partial charge in [0.15, 0.2) is 0 Å². The van der Waals surface area contributed by atoms with Crippen LogP contribution in [0.25, 0.3) is 0 Å². The summed E-state index contributed by atoms with van der Waals surface area (Å²) in [5.74, 6) is 0.114. The number of amides is 1. The number of hydrogen-bond acceptors (Lipinski definition) is 3. The van der Waals surface area contributed by atoms with Gasteiger partial charge < -0.3 is 14.8 Å². The Morgan fingerprint density at radius 1 is 0.897 bits per heavy atom. The van der Waals surface area contributed by atoms with Crippen molar-refractivity contribution in [1.82, 2.24) is 5.32 Å². The fourth-order valence-corrected chi connectivity index (χ4v) is 4.18. The number of carbonyl (C=O) groups is 1. The zero-order valence-electron chi connectivity index (χ0n) is 19.3. The van der Waals surface area contributed by atoms with Crippen LogP contribution in [-0.2, 0) is 14.3 Å². The highest BCUT2D eigenvalue weighted by Gasteiger charge is 2.33. The van der Waals surface area contributed by atoms with E-state index in [2.05, 4.69) is 12.2 Å². The third-order valence-electron chi connectivity index (χ3n) is 5.97. The summed E-state index contributed by atoms with van der Waals surface area (Å²) in [6.07, 6.45) is 21.2. The molecule has 1 rings (SSSR count). The Labute approximate surface area is 181 Å². The Balaban J connectivity index is 1.85. The summed E-state index contributed by atoms with van der Waals surface area (Å²) < 4.78 is 10.7. The lowest BCUT2D eigenvalue weighted by Crippen LogP contribution is -2.42. The number of ether oxygens (including phenoxy) is 2. The molecule has 5 heteroatoms. The van der Waals surface area contributed by atoms with E-state index in [4.69, 9.17) is 17.3 Å². The van der Waals surface area contributed by atoms with Crippen molar-refractivity contribution in [3.05, 3.63) is 0 Å². The summed E-state index contributed by atoms with van der Waals surface area (Å²) >= 11 is 0. The van der Waals surface area contributed by atoms with Crippen LogP contribution in [0.2, 0.25) is 0 Å². The van der Waals surface area contributed by atoms with Crippen LogP contribution >= 0.6 is 0 Å². The fourth-order valence-electron chi connectivity index (χ4n) is 4.18. The highest BCUT2D eigenvalue weighted by molar-refractivity contribution is 6.11. The highest BCUT2D eigenvalue weighted by atomic mass is 16.5. The quantitative estimate of drug-likeness (QED) is 0.222. The molecule has 29 heavy (non-hydrogen) atoms. The monoisotopic (exact) mass is 407 g/mol. The molecular formula is C24H46BNO3. The Morgan fingerprint density at radius 2 is 1.38 bits per heavy atom. The molecule has 0 saturated carbocycles. The second-order valence-corrected chi connectivity index (χ2v) is 8.78. The Kier molecular flexibility index (Phi) is 16.7. The minimum absolute atomic E-state index is 0.0196. The van der Waals surface area contributed by atoms with Gasteiger partial charge in [0, 0.05) is 19.5 Å². The Bertz CT molecular complexity index is 394. The summed E-state index contributed by atoms with van der Waals surface area (Å²) in [6, 6.07) is -0.319. The minimum atomic E-state index is -0.300. The van der Waals surface area contributed by atoms with Crippen molar-refractivity contribution in [1.29, 1.82) is 0 Å². The predicted molar refractivity (Wildman–Crippen MR) is 122 cm³/mol. The molecule has 0 aliphatic carbocycles. The van der Waals surface area contributed by atoms with Crippen LogP contribution < -0.4 is 5.32 Å². The lowest BCUT2D eigenvalue weighted by atomic mass is 9.95. The topological polar surface area (TPSA) is 47.6 Å². The van der Waals surface area contributed by atoms with Gasteiger partial charge in [0.25, 0.3) is 0 Å². The maximum atomic E-state index is 12.1. The molecule has 1 amide bonds. The van der Waals surface area contributed by atoms with Crippen LogP contribution in [0.1, 0.15) is 116 Å². The summed E-state index contributed by atoms with van der Waals surface area (Å²) in [5.41, 5.74) is 0. The molecule has 0 aromatic rings. The van der Waals surface area contributed by atoms with Gasteiger partial charge in [-0.25, -0.2) is 0 Å². The summed E-state index contributed by atoms with van der Waals surface area (Å²) in [5, 5.41) is 3.07. The maximum Gasteiger partial charge on any atom is 0.220 e. The highest BCUT2D eigenvalue weighted by Crippen LogP contribution is 2.19. The lowest BCUT2D eigenvalue weighted by Gasteiger charge is -2.19. The molecule has 1 saturated heterocycles. The minimum Gasteiger partial charge on any atom is -0.382 e. The van der Waals surface area contributed by atoms with Crippen molar-refractivity contribution < 1.29 is 14.3 Å². The number of carbonyl (C=O) groups excluding carboxylic acids is 1. The zero-order chi connectivity index (χ0) is 21.2. The molecular weight excluding hydrogens is 361 g/mol. The largest absolute Gasteiger partial charge is 0.382 e. The molecule has 0 spiro atoms. The molecule has 2 radical (unpaired) electrons. The van der Waals surface area contributed by atoms with Crippen molar-refractivity contribution in [2.75, 3.05) is 13.7 Å². The molecule has 0 aromatic heterocycles. The van der Waals surface area contributed by atoms with E-state index < -0.39 is 0 Å². The average Bonchev–Trinajstić information content (AvgIpc) is 3.04. The van der Waals surface area contributed by atoms with E-state index in [1.54, 1.807) is 7.11 Å². The first kappa shape index (κ1) is 26.5. The number of methoxy groups -OCH3 is 1. The van der Waals surface area contributed by atoms with E-state index >= 15 is 0 Å². The van der Waals surface area contributed by atoms with Crippen LogP contribution in [0.5, 0.6) is 0 Å². The van der Waals surface area contributed by atoms with Gasteiger partial charge in [0.2, 0.25) is 5.91 Å². The number of hydrogen-bond donors (Lipinski definition) is 1. The standard InChI is InChI=1S/C24H46BNO3/c1-3-4-5-6-7-8-9-10-11-12-13-14-15-16-17-18-24(27)26-21-19-23(25)29-22(21)20-28-2/h21-23H,3-20H2,1-2H3,(H,26,27)/t21?,22-,23-/m1/s1. The molecule has 1 unspecified atom stereocenters. The van der Waals surface area contributed by atoms with Crippen LogP contribution in [0.3, 0.4) is 0 Å². The Morgan fingerprint density at radius 3 is 1.86 bits per heavy atom. The van der Waals surface area contributed by atoms with Gasteiger partial charge in [-0.1, -0.05) is 96.8 Å². The van der Waals surface area contributed by atoms with Crippen molar-refractivity contribution in [3.63, 3.8) is 0 Å². The van der Waals surface area contributed by atoms with Gasteiger partial charge in [0.1, 0.15) is 14.0 Å². The first-order valence-electron chi connectivity index (χ1n) is 12.4. The summed E-state index contributed by atoms with van der Waals surface area (Å²) in [4.78, 5) is 12.1. The van der Waals surface area contributed by atoms with Crippen molar-refractivity contribution in [3.8, 4) is 0 Å². The SMILES string of the molecule is [B][C@H]1CC(NC(=O)CCCCCCCCCCCCCCCCC)[C@@H](COC)O1. The first-order valence-corrected chi connectivity index (χ1v) is 12.4. The molecule has 0 bridgehead atoms. The van der Waals surface area contributed by atoms with Crippen LogP contribution in [-0.4, -0.2) is 45.6 Å². The molecule has 1 N–H and O–H groups in total. The third-order valence-corrected chi connectivity index (χ3v) is 5.97. The normalized spacial score (nSPS) is 21.5. The van der Waals surface area contributed by atoms with Crippen LogP contribution in [0.15, 0.2) is 0 Å². The number of nitrogens with one attached hydrogen (secondary N) is 1. The van der Waals surface area contributed by atoms with E-state index in [0.717, 1.165) is 12.8 Å². The van der Waals surface area contributed by atoms with Gasteiger partial charge in [-0.2, -0.15) is 0 Å². The molecule has 3 atom stereocenters. The smallest absolute Gasteiger partial charge is 0.220 e. The average molecular weight is 407 g/mol. The first-order chi connectivity index (χ1) is 14.2. The van der Waals surface area contributed by atoms with Crippen molar-refractivity contribution in [2.24, 2.45) is 0 Å². The molecule has 1 aliphatic heterocycles. The lowest BCUT2D eigenvalue weighted by molar-refractivity contribution is -0.122. The summed E-state index contributed by atoms with van der Waals surface area (Å²) in [6.45, 7) is 2.75. The van der Waals surface area contributed by atoms with Gasteiger partial charge >= 0.3 is 0 Å². The molecule has 1 fully saturated rings. The van der Waals surface area contributed by atoms with Gasteiger partial charge in [-0.05, 0) is 12.8 Å². The van der Waals surface area contributed by atoms with E-state index in [9.17, 15) is 4.79 Å². The van der Waals surface area contributed by atoms with Gasteiger partial charge in [-0.15, -0.1) is 0 Å². The van der Waals surface area contributed by atoms with E-state index in [1.807, 2.05) is 0 Å². The second kappa shape index (κ2) is 18.2. The van der Waals surface area contributed by atoms with E-state index in [0.29, 0.717) is 19.4 Å². The second-order valence-electron chi connectivity index (χ2n) is 8.78. The van der Waals surface area contributed by atoms with Gasteiger partial charge in [0.05, 0.1) is 12.6 Å². The van der Waals surface area contributed by atoms with Gasteiger partial charge in [-0.3, -0.25) is 4.79 Å². The fraction of sp³-hybridized carbons (Fsp3) is 0.958. The number of rotatable bonds is 19. The molecule has 1 aliphatic rings. The summed E-state index contributed by atoms with van der Waals surface area (Å²) in [7, 11) is 7.47. The third kappa shape index (κ3) is 14.2. The van der Waals surface area contributed by atoms with Crippen LogP contribution in [0.4, 0.5) is 0 Å². The Hall–Kier alpha value is -0.545. The van der Waals surface area contributed by atoms with Crippen LogP contribution in [0, 0.1) is 0 Å². The van der Waals surface area contributed by atoms with Crippen molar-refractivity contribution >= 4 is 13.8 Å². The molecule has 1 heterocycles. The van der Waals surface area contributed by atoms with Crippen molar-refractivity contribution in [2.45, 2.75) is 134 Å². The molecule has 4 nitrogen and oxygen atoms in total. The zero-order valence-corrected chi connectivity index (χ0v) is 19.3. The number of unbranched alkanes of at least 4 members (excludes halogenated alkanes) is 14. The van der Waals surface area contributed by atoms with E-state index in [-0.39, 0.29) is 24.1 Å². The predicted octanol–water partition coefficient (Wildman–Crippen LogP) is 5.66. The molecule has 168 valence electrons. The molecule has 0 aromatic carbocycles. The maximum absolute atomic E-state index is 12.1.